The molecule has 19 heavy (non-hydrogen) atoms. The summed E-state index contributed by atoms with van der Waals surface area (Å²) in [5.74, 6) is -0.0374. The fourth-order valence-electron chi connectivity index (χ4n) is 2.57. The van der Waals surface area contributed by atoms with E-state index in [0.29, 0.717) is 0 Å². The zero-order valence-corrected chi connectivity index (χ0v) is 13.2. The molecule has 0 N–H and O–H groups in total. The second-order valence-corrected chi connectivity index (χ2v) is 7.04. The van der Waals surface area contributed by atoms with Crippen molar-refractivity contribution < 1.29 is 9.53 Å². The van der Waals surface area contributed by atoms with Gasteiger partial charge in [0.2, 0.25) is 0 Å². The van der Waals surface area contributed by atoms with Crippen molar-refractivity contribution in [1.29, 1.82) is 0 Å². The predicted octanol–water partition coefficient (Wildman–Crippen LogP) is 5.25. The van der Waals surface area contributed by atoms with Gasteiger partial charge in [-0.05, 0) is 46.5 Å². The average molecular weight is 268 g/mol. The van der Waals surface area contributed by atoms with Gasteiger partial charge in [-0.15, -0.1) is 0 Å². The Morgan fingerprint density at radius 1 is 0.789 bits per heavy atom. The van der Waals surface area contributed by atoms with Crippen LogP contribution in [0.2, 0.25) is 0 Å². The SMILES string of the molecule is CC(C)(C)C(=O)OC1CCCCCCCCCCC1. The Morgan fingerprint density at radius 3 is 1.53 bits per heavy atom. The molecule has 0 aromatic heterocycles. The third kappa shape index (κ3) is 7.59. The number of esters is 1. The van der Waals surface area contributed by atoms with Gasteiger partial charge in [-0.1, -0.05) is 44.9 Å². The van der Waals surface area contributed by atoms with Crippen molar-refractivity contribution in [2.24, 2.45) is 5.41 Å². The van der Waals surface area contributed by atoms with Crippen LogP contribution in [0, 0.1) is 5.41 Å². The van der Waals surface area contributed by atoms with Crippen LogP contribution < -0.4 is 0 Å². The lowest BCUT2D eigenvalue weighted by Gasteiger charge is -2.24. The lowest BCUT2D eigenvalue weighted by Crippen LogP contribution is -2.28. The minimum atomic E-state index is -0.371. The highest BCUT2D eigenvalue weighted by Gasteiger charge is 2.26. The molecule has 1 fully saturated rings. The highest BCUT2D eigenvalue weighted by molar-refractivity contribution is 5.75. The molecule has 0 bridgehead atoms. The molecule has 0 aliphatic heterocycles. The van der Waals surface area contributed by atoms with E-state index in [9.17, 15) is 4.79 Å². The molecule has 2 heteroatoms. The van der Waals surface area contributed by atoms with Gasteiger partial charge >= 0.3 is 5.97 Å². The number of carbonyl (C=O) groups is 1. The molecule has 0 heterocycles. The van der Waals surface area contributed by atoms with Crippen LogP contribution in [0.1, 0.15) is 91.4 Å². The monoisotopic (exact) mass is 268 g/mol. The van der Waals surface area contributed by atoms with Gasteiger partial charge < -0.3 is 4.74 Å². The van der Waals surface area contributed by atoms with Crippen LogP contribution in [0.4, 0.5) is 0 Å². The van der Waals surface area contributed by atoms with Crippen molar-refractivity contribution in [1.82, 2.24) is 0 Å². The molecular weight excluding hydrogens is 236 g/mol. The lowest BCUT2D eigenvalue weighted by atomic mass is 9.96. The van der Waals surface area contributed by atoms with Crippen molar-refractivity contribution in [2.45, 2.75) is 97.5 Å². The lowest BCUT2D eigenvalue weighted by molar-refractivity contribution is -0.159. The molecule has 0 saturated heterocycles. The van der Waals surface area contributed by atoms with E-state index in [2.05, 4.69) is 0 Å². The second-order valence-electron chi connectivity index (χ2n) is 7.04. The van der Waals surface area contributed by atoms with Crippen LogP contribution in [-0.2, 0) is 9.53 Å². The molecule has 2 nitrogen and oxygen atoms in total. The number of carbonyl (C=O) groups excluding carboxylic acids is 1. The molecular formula is C17H32O2. The first kappa shape index (κ1) is 16.5. The third-order valence-electron chi connectivity index (χ3n) is 3.94. The molecule has 1 rings (SSSR count). The number of hydrogen-bond acceptors (Lipinski definition) is 2. The van der Waals surface area contributed by atoms with E-state index in [4.69, 9.17) is 4.74 Å². The van der Waals surface area contributed by atoms with Crippen molar-refractivity contribution in [3.8, 4) is 0 Å². The van der Waals surface area contributed by atoms with Gasteiger partial charge in [0.15, 0.2) is 0 Å². The van der Waals surface area contributed by atoms with Crippen LogP contribution >= 0.6 is 0 Å². The van der Waals surface area contributed by atoms with Crippen molar-refractivity contribution in [2.75, 3.05) is 0 Å². The Kier molecular flexibility index (Phi) is 7.48. The molecule has 1 aliphatic carbocycles. The molecule has 0 radical (unpaired) electrons. The summed E-state index contributed by atoms with van der Waals surface area (Å²) in [6.45, 7) is 5.81. The molecule has 0 spiro atoms. The number of ether oxygens (including phenoxy) is 1. The van der Waals surface area contributed by atoms with Gasteiger partial charge in [-0.2, -0.15) is 0 Å². The summed E-state index contributed by atoms with van der Waals surface area (Å²) in [6.07, 6.45) is 14.1. The van der Waals surface area contributed by atoms with E-state index in [1.807, 2.05) is 20.8 Å². The quantitative estimate of drug-likeness (QED) is 0.607. The Bertz CT molecular complexity index is 240. The topological polar surface area (TPSA) is 26.3 Å². The summed E-state index contributed by atoms with van der Waals surface area (Å²) >= 11 is 0. The van der Waals surface area contributed by atoms with E-state index >= 15 is 0 Å². The Labute approximate surface area is 119 Å². The van der Waals surface area contributed by atoms with Gasteiger partial charge in [-0.25, -0.2) is 0 Å². The van der Waals surface area contributed by atoms with Gasteiger partial charge in [0.1, 0.15) is 6.10 Å². The zero-order valence-electron chi connectivity index (χ0n) is 13.2. The Balaban J connectivity index is 2.40. The normalized spacial score (nSPS) is 21.2. The summed E-state index contributed by atoms with van der Waals surface area (Å²) in [6, 6.07) is 0. The second kappa shape index (κ2) is 8.60. The fourth-order valence-corrected chi connectivity index (χ4v) is 2.57. The van der Waals surface area contributed by atoms with Gasteiger partial charge in [-0.3, -0.25) is 4.79 Å². The smallest absolute Gasteiger partial charge is 0.311 e. The van der Waals surface area contributed by atoms with Crippen LogP contribution in [0.5, 0.6) is 0 Å². The molecule has 0 aromatic carbocycles. The van der Waals surface area contributed by atoms with Crippen LogP contribution in [0.25, 0.3) is 0 Å². The maximum absolute atomic E-state index is 12.0. The molecule has 1 saturated carbocycles. The average Bonchev–Trinajstić information content (AvgIpc) is 2.31. The largest absolute Gasteiger partial charge is 0.462 e. The van der Waals surface area contributed by atoms with Crippen LogP contribution in [-0.4, -0.2) is 12.1 Å². The van der Waals surface area contributed by atoms with Crippen molar-refractivity contribution >= 4 is 5.97 Å². The summed E-state index contributed by atoms with van der Waals surface area (Å²) in [4.78, 5) is 12.0. The Morgan fingerprint density at radius 2 is 1.16 bits per heavy atom. The van der Waals surface area contributed by atoms with Crippen LogP contribution in [0.15, 0.2) is 0 Å². The van der Waals surface area contributed by atoms with E-state index in [1.54, 1.807) is 0 Å². The molecule has 0 aromatic rings. The van der Waals surface area contributed by atoms with E-state index in [-0.39, 0.29) is 17.5 Å². The summed E-state index contributed by atoms with van der Waals surface area (Å²) in [7, 11) is 0. The summed E-state index contributed by atoms with van der Waals surface area (Å²) < 4.78 is 5.72. The molecule has 1 aliphatic rings. The molecule has 0 amide bonds. The first-order valence-electron chi connectivity index (χ1n) is 8.21. The minimum absolute atomic E-state index is 0.0374. The maximum atomic E-state index is 12.0. The zero-order chi connectivity index (χ0) is 14.1. The van der Waals surface area contributed by atoms with Crippen LogP contribution in [0.3, 0.4) is 0 Å². The van der Waals surface area contributed by atoms with E-state index < -0.39 is 0 Å². The predicted molar refractivity (Wildman–Crippen MR) is 80.1 cm³/mol. The molecule has 0 unspecified atom stereocenters. The minimum Gasteiger partial charge on any atom is -0.462 e. The summed E-state index contributed by atoms with van der Waals surface area (Å²) in [5.41, 5.74) is -0.371. The third-order valence-corrected chi connectivity index (χ3v) is 3.94. The highest BCUT2D eigenvalue weighted by Crippen LogP contribution is 2.22. The Hall–Kier alpha value is -0.530. The molecule has 112 valence electrons. The van der Waals surface area contributed by atoms with Gasteiger partial charge in [0.25, 0.3) is 0 Å². The van der Waals surface area contributed by atoms with Crippen molar-refractivity contribution in [3.05, 3.63) is 0 Å². The van der Waals surface area contributed by atoms with E-state index in [0.717, 1.165) is 12.8 Å². The fraction of sp³-hybridized carbons (Fsp3) is 0.941. The van der Waals surface area contributed by atoms with Gasteiger partial charge in [0, 0.05) is 0 Å². The first-order chi connectivity index (χ1) is 9.00. The van der Waals surface area contributed by atoms with Crippen molar-refractivity contribution in [3.63, 3.8) is 0 Å². The maximum Gasteiger partial charge on any atom is 0.311 e. The van der Waals surface area contributed by atoms with Gasteiger partial charge in [0.05, 0.1) is 5.41 Å². The van der Waals surface area contributed by atoms with E-state index in [1.165, 1.54) is 57.8 Å². The highest BCUT2D eigenvalue weighted by atomic mass is 16.5. The molecule has 0 atom stereocenters. The number of rotatable bonds is 1. The summed E-state index contributed by atoms with van der Waals surface area (Å²) in [5, 5.41) is 0. The standard InChI is InChI=1S/C17H32O2/c1-17(2,3)16(18)19-15-13-11-9-7-5-4-6-8-10-12-14-15/h15H,4-14H2,1-3H3. The number of hydrogen-bond donors (Lipinski definition) is 0. The first-order valence-corrected chi connectivity index (χ1v) is 8.21.